The summed E-state index contributed by atoms with van der Waals surface area (Å²) in [6.45, 7) is 0.250. The molecule has 0 radical (unpaired) electrons. The summed E-state index contributed by atoms with van der Waals surface area (Å²) in [4.78, 5) is 43.5. The molecule has 190 valence electrons. The van der Waals surface area contributed by atoms with Gasteiger partial charge in [0.2, 0.25) is 5.91 Å². The number of hydrogen-bond acceptors (Lipinski definition) is 6. The Morgan fingerprint density at radius 2 is 1.68 bits per heavy atom. The van der Waals surface area contributed by atoms with E-state index in [0.29, 0.717) is 29.0 Å². The van der Waals surface area contributed by atoms with Gasteiger partial charge < -0.3 is 20.3 Å². The largest absolute Gasteiger partial charge is 0.496 e. The molecule has 0 aromatic heterocycles. The highest BCUT2D eigenvalue weighted by molar-refractivity contribution is 7.98. The van der Waals surface area contributed by atoms with E-state index in [9.17, 15) is 14.4 Å². The summed E-state index contributed by atoms with van der Waals surface area (Å²) < 4.78 is 5.41. The van der Waals surface area contributed by atoms with E-state index in [0.717, 1.165) is 20.9 Å². The topological polar surface area (TPSA) is 87.7 Å². The minimum Gasteiger partial charge on any atom is -0.496 e. The van der Waals surface area contributed by atoms with E-state index in [2.05, 4.69) is 10.6 Å². The first-order valence-corrected chi connectivity index (χ1v) is 14.3. The molecule has 3 aromatic rings. The van der Waals surface area contributed by atoms with Crippen LogP contribution in [0.1, 0.15) is 27.1 Å². The predicted molar refractivity (Wildman–Crippen MR) is 148 cm³/mol. The van der Waals surface area contributed by atoms with Gasteiger partial charge in [-0.05, 0) is 72.5 Å². The molecule has 0 aliphatic carbocycles. The zero-order chi connectivity index (χ0) is 26.1. The molecule has 3 amide bonds. The molecule has 37 heavy (non-hydrogen) atoms. The second-order valence-corrected chi connectivity index (χ2v) is 10.7. The molecule has 2 atom stereocenters. The molecule has 3 aromatic carbocycles. The number of hydrogen-bond donors (Lipinski definition) is 2. The van der Waals surface area contributed by atoms with Crippen molar-refractivity contribution in [2.24, 2.45) is 0 Å². The molecule has 2 aliphatic heterocycles. The number of ether oxygens (including phenoxy) is 1. The van der Waals surface area contributed by atoms with Gasteiger partial charge in [0, 0.05) is 22.4 Å². The lowest BCUT2D eigenvalue weighted by Crippen LogP contribution is -2.41. The lowest BCUT2D eigenvalue weighted by Gasteiger charge is -2.20. The van der Waals surface area contributed by atoms with Crippen molar-refractivity contribution in [2.45, 2.75) is 28.3 Å². The first kappa shape index (κ1) is 25.2. The van der Waals surface area contributed by atoms with Gasteiger partial charge in [-0.2, -0.15) is 0 Å². The third-order valence-electron chi connectivity index (χ3n) is 6.78. The number of fused-ring (bicyclic) bond motifs is 2. The van der Waals surface area contributed by atoms with Crippen LogP contribution < -0.4 is 15.4 Å². The Hall–Kier alpha value is -3.43. The number of carbonyl (C=O) groups excluding carboxylic acids is 3. The van der Waals surface area contributed by atoms with Crippen molar-refractivity contribution in [1.82, 2.24) is 10.2 Å². The van der Waals surface area contributed by atoms with Crippen molar-refractivity contribution in [3.05, 3.63) is 71.8 Å². The SMILES string of the molecule is COc1cc(SC)ccc1C(=O)NC1CC2C(=O)Nc3ccc(-c4ccc(SC)cc4)cc3C(=O)N2C1. The van der Waals surface area contributed by atoms with E-state index in [1.54, 1.807) is 40.6 Å². The minimum atomic E-state index is -0.657. The first-order chi connectivity index (χ1) is 17.9. The van der Waals surface area contributed by atoms with Crippen molar-refractivity contribution in [2.75, 3.05) is 31.5 Å². The fraction of sp³-hybridized carbons (Fsp3) is 0.250. The average Bonchev–Trinajstić information content (AvgIpc) is 3.32. The van der Waals surface area contributed by atoms with Crippen LogP contribution in [0.15, 0.2) is 70.5 Å². The highest BCUT2D eigenvalue weighted by Gasteiger charge is 2.43. The fourth-order valence-electron chi connectivity index (χ4n) is 4.83. The number of anilines is 1. The number of nitrogens with zero attached hydrogens (tertiary/aromatic N) is 1. The van der Waals surface area contributed by atoms with Crippen molar-refractivity contribution in [1.29, 1.82) is 0 Å². The summed E-state index contributed by atoms with van der Waals surface area (Å²) in [5.41, 5.74) is 3.27. The van der Waals surface area contributed by atoms with Crippen LogP contribution in [-0.2, 0) is 4.79 Å². The monoisotopic (exact) mass is 533 g/mol. The number of carbonyl (C=O) groups is 3. The smallest absolute Gasteiger partial charge is 0.256 e. The predicted octanol–water partition coefficient (Wildman–Crippen LogP) is 4.77. The maximum atomic E-state index is 13.6. The van der Waals surface area contributed by atoms with Crippen LogP contribution in [0.2, 0.25) is 0 Å². The molecule has 2 aliphatic rings. The summed E-state index contributed by atoms with van der Waals surface area (Å²) >= 11 is 3.23. The van der Waals surface area contributed by atoms with Crippen LogP contribution in [0.25, 0.3) is 11.1 Å². The molecule has 0 spiro atoms. The Morgan fingerprint density at radius 1 is 0.973 bits per heavy atom. The number of methoxy groups -OCH3 is 1. The second-order valence-electron chi connectivity index (χ2n) is 8.92. The number of amides is 3. The van der Waals surface area contributed by atoms with Gasteiger partial charge in [-0.1, -0.05) is 18.2 Å². The molecule has 2 N–H and O–H groups in total. The highest BCUT2D eigenvalue weighted by Crippen LogP contribution is 2.33. The van der Waals surface area contributed by atoms with Crippen molar-refractivity contribution in [3.8, 4) is 16.9 Å². The van der Waals surface area contributed by atoms with Crippen molar-refractivity contribution >= 4 is 46.9 Å². The van der Waals surface area contributed by atoms with Gasteiger partial charge in [-0.25, -0.2) is 0 Å². The van der Waals surface area contributed by atoms with Gasteiger partial charge in [-0.15, -0.1) is 23.5 Å². The summed E-state index contributed by atoms with van der Waals surface area (Å²) in [6, 6.07) is 18.1. The molecule has 9 heteroatoms. The van der Waals surface area contributed by atoms with E-state index in [1.807, 2.05) is 61.0 Å². The molecule has 1 fully saturated rings. The lowest BCUT2D eigenvalue weighted by molar-refractivity contribution is -0.119. The molecule has 2 unspecified atom stereocenters. The molecule has 7 nitrogen and oxygen atoms in total. The second kappa shape index (κ2) is 10.5. The van der Waals surface area contributed by atoms with Gasteiger partial charge >= 0.3 is 0 Å². The van der Waals surface area contributed by atoms with Gasteiger partial charge in [-0.3, -0.25) is 14.4 Å². The quantitative estimate of drug-likeness (QED) is 0.444. The molecule has 5 rings (SSSR count). The van der Waals surface area contributed by atoms with Crippen LogP contribution in [0.5, 0.6) is 5.75 Å². The average molecular weight is 534 g/mol. The Bertz CT molecular complexity index is 1380. The van der Waals surface area contributed by atoms with Gasteiger partial charge in [0.15, 0.2) is 0 Å². The van der Waals surface area contributed by atoms with Gasteiger partial charge in [0.05, 0.1) is 23.9 Å². The van der Waals surface area contributed by atoms with E-state index < -0.39 is 6.04 Å². The molecule has 2 heterocycles. The van der Waals surface area contributed by atoms with E-state index in [1.165, 1.54) is 7.11 Å². The van der Waals surface area contributed by atoms with E-state index in [-0.39, 0.29) is 30.3 Å². The zero-order valence-electron chi connectivity index (χ0n) is 20.7. The Balaban J connectivity index is 1.37. The third-order valence-corrected chi connectivity index (χ3v) is 8.25. The lowest BCUT2D eigenvalue weighted by atomic mass is 10.0. The Kier molecular flexibility index (Phi) is 7.17. The van der Waals surface area contributed by atoms with Crippen LogP contribution in [0.4, 0.5) is 5.69 Å². The van der Waals surface area contributed by atoms with Crippen LogP contribution in [0.3, 0.4) is 0 Å². The van der Waals surface area contributed by atoms with E-state index in [4.69, 9.17) is 4.74 Å². The number of thioether (sulfide) groups is 2. The van der Waals surface area contributed by atoms with Gasteiger partial charge in [0.1, 0.15) is 11.8 Å². The zero-order valence-corrected chi connectivity index (χ0v) is 22.4. The van der Waals surface area contributed by atoms with Gasteiger partial charge in [0.25, 0.3) is 11.8 Å². The van der Waals surface area contributed by atoms with Crippen LogP contribution in [0, 0.1) is 0 Å². The maximum absolute atomic E-state index is 13.6. The Morgan fingerprint density at radius 3 is 2.38 bits per heavy atom. The maximum Gasteiger partial charge on any atom is 0.256 e. The summed E-state index contributed by atoms with van der Waals surface area (Å²) in [6.07, 6.45) is 4.32. The van der Waals surface area contributed by atoms with Crippen LogP contribution >= 0.6 is 23.5 Å². The minimum absolute atomic E-state index is 0.223. The molecule has 1 saturated heterocycles. The summed E-state index contributed by atoms with van der Waals surface area (Å²) in [5.74, 6) is -0.281. The molecule has 0 saturated carbocycles. The molecular weight excluding hydrogens is 506 g/mol. The standard InChI is InChI=1S/C28H27N3O4S2/c1-35-25-14-20(37-3)9-10-21(25)26(32)29-18-13-24-27(33)30-23-11-6-17(12-22(23)28(34)31(24)15-18)16-4-7-19(36-2)8-5-16/h4-12,14,18,24H,13,15H2,1-3H3,(H,29,32)(H,30,33). The normalized spacial score (nSPS) is 18.5. The highest BCUT2D eigenvalue weighted by atomic mass is 32.2. The summed E-state index contributed by atoms with van der Waals surface area (Å²) in [7, 11) is 1.53. The summed E-state index contributed by atoms with van der Waals surface area (Å²) in [5, 5.41) is 5.91. The molecular formula is C28H27N3O4S2. The number of benzene rings is 3. The molecule has 0 bridgehead atoms. The van der Waals surface area contributed by atoms with Crippen LogP contribution in [-0.4, -0.2) is 60.9 Å². The van der Waals surface area contributed by atoms with E-state index >= 15 is 0 Å². The van der Waals surface area contributed by atoms with Crippen molar-refractivity contribution < 1.29 is 19.1 Å². The third kappa shape index (κ3) is 4.93. The number of nitrogens with one attached hydrogen (secondary N) is 2. The Labute approximate surface area is 224 Å². The fourth-order valence-corrected chi connectivity index (χ4v) is 5.66. The first-order valence-electron chi connectivity index (χ1n) is 11.8. The van der Waals surface area contributed by atoms with Crippen molar-refractivity contribution in [3.63, 3.8) is 0 Å². The number of rotatable bonds is 6.